The first-order chi connectivity index (χ1) is 26.0. The van der Waals surface area contributed by atoms with Gasteiger partial charge in [0.25, 0.3) is 0 Å². The van der Waals surface area contributed by atoms with E-state index in [1.807, 2.05) is 12.4 Å². The molecular formula is C50H35N3. The summed E-state index contributed by atoms with van der Waals surface area (Å²) in [6.45, 7) is 4.71. The molecule has 0 fully saturated rings. The highest BCUT2D eigenvalue weighted by atomic mass is 15.0. The van der Waals surface area contributed by atoms with E-state index in [0.717, 1.165) is 11.2 Å². The van der Waals surface area contributed by atoms with Gasteiger partial charge in [-0.25, -0.2) is 0 Å². The Morgan fingerprint density at radius 1 is 0.396 bits per heavy atom. The van der Waals surface area contributed by atoms with Crippen LogP contribution in [0.3, 0.4) is 0 Å². The van der Waals surface area contributed by atoms with Crippen LogP contribution in [0.25, 0.3) is 88.4 Å². The summed E-state index contributed by atoms with van der Waals surface area (Å²) in [6, 6.07) is 60.1. The lowest BCUT2D eigenvalue weighted by molar-refractivity contribution is 0.660. The van der Waals surface area contributed by atoms with Crippen LogP contribution in [0.4, 0.5) is 0 Å². The van der Waals surface area contributed by atoms with Crippen LogP contribution in [-0.4, -0.2) is 14.1 Å². The van der Waals surface area contributed by atoms with Crippen molar-refractivity contribution < 1.29 is 0 Å². The molecule has 1 aliphatic carbocycles. The Bertz CT molecular complexity index is 3070. The van der Waals surface area contributed by atoms with E-state index in [0.29, 0.717) is 0 Å². The molecule has 0 saturated carbocycles. The van der Waals surface area contributed by atoms with E-state index in [4.69, 9.17) is 0 Å². The third kappa shape index (κ3) is 4.37. The molecular weight excluding hydrogens is 643 g/mol. The zero-order chi connectivity index (χ0) is 35.3. The Hall–Kier alpha value is -6.71. The summed E-state index contributed by atoms with van der Waals surface area (Å²) in [7, 11) is 0. The minimum absolute atomic E-state index is 0.0582. The van der Waals surface area contributed by atoms with Crippen LogP contribution in [0.15, 0.2) is 176 Å². The number of aromatic nitrogens is 3. The number of fused-ring (bicyclic) bond motifs is 9. The highest BCUT2D eigenvalue weighted by Gasteiger charge is 2.35. The molecule has 0 radical (unpaired) electrons. The number of hydrogen-bond donors (Lipinski definition) is 0. The molecule has 0 bridgehead atoms. The Kier molecular flexibility index (Phi) is 6.30. The molecule has 0 spiro atoms. The molecule has 0 amide bonds. The average Bonchev–Trinajstić information content (AvgIpc) is 3.81. The molecule has 1 aliphatic rings. The highest BCUT2D eigenvalue weighted by molar-refractivity contribution is 6.12. The monoisotopic (exact) mass is 677 g/mol. The van der Waals surface area contributed by atoms with E-state index in [1.54, 1.807) is 0 Å². The first kappa shape index (κ1) is 30.0. The fourth-order valence-electron chi connectivity index (χ4n) is 9.02. The minimum atomic E-state index is -0.0582. The number of pyridine rings is 1. The van der Waals surface area contributed by atoms with Crippen LogP contribution < -0.4 is 0 Å². The predicted octanol–water partition coefficient (Wildman–Crippen LogP) is 12.9. The lowest BCUT2D eigenvalue weighted by Gasteiger charge is -2.22. The van der Waals surface area contributed by atoms with E-state index >= 15 is 0 Å². The van der Waals surface area contributed by atoms with E-state index in [9.17, 15) is 0 Å². The van der Waals surface area contributed by atoms with Gasteiger partial charge in [0.1, 0.15) is 0 Å². The van der Waals surface area contributed by atoms with Gasteiger partial charge in [-0.15, -0.1) is 0 Å². The number of para-hydroxylation sites is 1. The number of rotatable bonds is 4. The topological polar surface area (TPSA) is 22.8 Å². The van der Waals surface area contributed by atoms with Gasteiger partial charge in [0.2, 0.25) is 0 Å². The standard InChI is InChI=1S/C50H35N3/c1-50(2)44-14-8-6-12-38(44)39-23-22-37(30-45(39)50)53-46-15-9-7-13-40(46)42-28-34(19-25-48(42)53)35-18-24-47-43(29-35)41-26-27-51-31-49(41)52(47)36-20-16-33(17-21-36)32-10-4-3-5-11-32/h3-31H,1-2H3. The quantitative estimate of drug-likeness (QED) is 0.182. The maximum atomic E-state index is 4.54. The predicted molar refractivity (Wildman–Crippen MR) is 221 cm³/mol. The van der Waals surface area contributed by atoms with Crippen molar-refractivity contribution in [3.63, 3.8) is 0 Å². The molecule has 250 valence electrons. The van der Waals surface area contributed by atoms with Crippen LogP contribution in [0.5, 0.6) is 0 Å². The van der Waals surface area contributed by atoms with Crippen LogP contribution in [-0.2, 0) is 5.41 Å². The van der Waals surface area contributed by atoms with Crippen molar-refractivity contribution in [3.8, 4) is 44.8 Å². The highest BCUT2D eigenvalue weighted by Crippen LogP contribution is 2.49. The SMILES string of the molecule is CC1(C)c2ccccc2-c2ccc(-n3c4ccccc4c4cc(-c5ccc6c(c5)c5ccncc5n6-c5ccc(-c6ccccc6)cc5)ccc43)cc21. The molecule has 3 heteroatoms. The second kappa shape index (κ2) is 11.1. The smallest absolute Gasteiger partial charge is 0.0724 e. The minimum Gasteiger partial charge on any atom is -0.309 e. The van der Waals surface area contributed by atoms with E-state index < -0.39 is 0 Å². The first-order valence-corrected chi connectivity index (χ1v) is 18.4. The summed E-state index contributed by atoms with van der Waals surface area (Å²) >= 11 is 0. The molecule has 0 atom stereocenters. The summed E-state index contributed by atoms with van der Waals surface area (Å²) in [5.74, 6) is 0. The van der Waals surface area contributed by atoms with Crippen molar-refractivity contribution >= 4 is 43.6 Å². The third-order valence-electron chi connectivity index (χ3n) is 11.6. The van der Waals surface area contributed by atoms with Gasteiger partial charge in [-0.3, -0.25) is 4.98 Å². The van der Waals surface area contributed by atoms with Crippen LogP contribution in [0.2, 0.25) is 0 Å². The van der Waals surface area contributed by atoms with Crippen molar-refractivity contribution in [3.05, 3.63) is 187 Å². The maximum absolute atomic E-state index is 4.54. The first-order valence-electron chi connectivity index (χ1n) is 18.4. The Labute approximate surface area is 308 Å². The van der Waals surface area contributed by atoms with Gasteiger partial charge in [-0.05, 0) is 105 Å². The molecule has 3 nitrogen and oxygen atoms in total. The molecule has 3 aromatic heterocycles. The number of nitrogens with zero attached hydrogens (tertiary/aromatic N) is 3. The van der Waals surface area contributed by atoms with Gasteiger partial charge >= 0.3 is 0 Å². The van der Waals surface area contributed by atoms with Crippen LogP contribution in [0, 0.1) is 0 Å². The fraction of sp³-hybridized carbons (Fsp3) is 0.0600. The molecule has 3 heterocycles. The molecule has 10 aromatic rings. The molecule has 0 saturated heterocycles. The van der Waals surface area contributed by atoms with Gasteiger partial charge in [0, 0.05) is 44.5 Å². The van der Waals surface area contributed by atoms with Gasteiger partial charge in [0.05, 0.1) is 28.3 Å². The average molecular weight is 678 g/mol. The van der Waals surface area contributed by atoms with Gasteiger partial charge in [-0.1, -0.05) is 117 Å². The van der Waals surface area contributed by atoms with Crippen molar-refractivity contribution in [1.29, 1.82) is 0 Å². The normalized spacial score (nSPS) is 13.2. The van der Waals surface area contributed by atoms with E-state index in [2.05, 4.69) is 192 Å². The Morgan fingerprint density at radius 3 is 1.74 bits per heavy atom. The summed E-state index contributed by atoms with van der Waals surface area (Å²) in [5, 5.41) is 4.93. The van der Waals surface area contributed by atoms with Crippen molar-refractivity contribution in [2.75, 3.05) is 0 Å². The zero-order valence-corrected chi connectivity index (χ0v) is 29.6. The van der Waals surface area contributed by atoms with Crippen LogP contribution in [0.1, 0.15) is 25.0 Å². The lowest BCUT2D eigenvalue weighted by atomic mass is 9.82. The van der Waals surface area contributed by atoms with Crippen molar-refractivity contribution in [2.24, 2.45) is 0 Å². The zero-order valence-electron chi connectivity index (χ0n) is 29.6. The van der Waals surface area contributed by atoms with Gasteiger partial charge < -0.3 is 9.13 Å². The second-order valence-corrected chi connectivity index (χ2v) is 14.9. The van der Waals surface area contributed by atoms with Crippen molar-refractivity contribution in [1.82, 2.24) is 14.1 Å². The third-order valence-corrected chi connectivity index (χ3v) is 11.6. The number of benzene rings is 7. The van der Waals surface area contributed by atoms with E-state index in [1.165, 1.54) is 88.3 Å². The largest absolute Gasteiger partial charge is 0.309 e. The molecule has 0 aliphatic heterocycles. The van der Waals surface area contributed by atoms with Crippen LogP contribution >= 0.6 is 0 Å². The number of hydrogen-bond acceptors (Lipinski definition) is 1. The Balaban J connectivity index is 1.04. The lowest BCUT2D eigenvalue weighted by Crippen LogP contribution is -2.15. The van der Waals surface area contributed by atoms with Crippen molar-refractivity contribution in [2.45, 2.75) is 19.3 Å². The van der Waals surface area contributed by atoms with Gasteiger partial charge in [0.15, 0.2) is 0 Å². The second-order valence-electron chi connectivity index (χ2n) is 14.9. The summed E-state index contributed by atoms with van der Waals surface area (Å²) < 4.78 is 4.78. The maximum Gasteiger partial charge on any atom is 0.0724 e. The summed E-state index contributed by atoms with van der Waals surface area (Å²) in [4.78, 5) is 4.54. The molecule has 11 rings (SSSR count). The molecule has 0 unspecified atom stereocenters. The molecule has 53 heavy (non-hydrogen) atoms. The van der Waals surface area contributed by atoms with E-state index in [-0.39, 0.29) is 5.41 Å². The Morgan fingerprint density at radius 2 is 0.962 bits per heavy atom. The summed E-state index contributed by atoms with van der Waals surface area (Å²) in [5.41, 5.74) is 17.3. The molecule has 7 aromatic carbocycles. The molecule has 0 N–H and O–H groups in total. The van der Waals surface area contributed by atoms with Gasteiger partial charge in [-0.2, -0.15) is 0 Å². The fourth-order valence-corrected chi connectivity index (χ4v) is 9.02. The summed E-state index contributed by atoms with van der Waals surface area (Å²) in [6.07, 6.45) is 3.89.